The van der Waals surface area contributed by atoms with Crippen molar-refractivity contribution in [3.63, 3.8) is 0 Å². The summed E-state index contributed by atoms with van der Waals surface area (Å²) in [4.78, 5) is 0. The molecule has 0 N–H and O–H groups in total. The van der Waals surface area contributed by atoms with Crippen molar-refractivity contribution in [2.24, 2.45) is 0 Å². The molecular formula is C16H15Br3. The van der Waals surface area contributed by atoms with Crippen molar-refractivity contribution in [2.45, 2.75) is 11.8 Å². The highest BCUT2D eigenvalue weighted by atomic mass is 79.9. The van der Waals surface area contributed by atoms with Crippen LogP contribution < -0.4 is 0 Å². The Morgan fingerprint density at radius 1 is 0.842 bits per heavy atom. The monoisotopic (exact) mass is 444 g/mol. The van der Waals surface area contributed by atoms with Crippen LogP contribution in [0.4, 0.5) is 0 Å². The van der Waals surface area contributed by atoms with Crippen molar-refractivity contribution in [2.75, 3.05) is 10.7 Å². The van der Waals surface area contributed by atoms with Crippen LogP contribution in [0, 0.1) is 0 Å². The van der Waals surface area contributed by atoms with E-state index in [2.05, 4.69) is 102 Å². The van der Waals surface area contributed by atoms with E-state index in [0.717, 1.165) is 21.6 Å². The minimum atomic E-state index is 0.0745. The summed E-state index contributed by atoms with van der Waals surface area (Å²) in [7, 11) is 0. The fourth-order valence-corrected chi connectivity index (χ4v) is 4.56. The number of halogens is 3. The van der Waals surface area contributed by atoms with Crippen molar-refractivity contribution >= 4 is 47.8 Å². The minimum Gasteiger partial charge on any atom is -0.0918 e. The number of alkyl halides is 2. The first-order valence-electron chi connectivity index (χ1n) is 6.12. The van der Waals surface area contributed by atoms with Crippen LogP contribution in [-0.2, 0) is 11.8 Å². The van der Waals surface area contributed by atoms with Crippen molar-refractivity contribution in [3.8, 4) is 0 Å². The zero-order valence-electron chi connectivity index (χ0n) is 10.5. The van der Waals surface area contributed by atoms with E-state index < -0.39 is 0 Å². The van der Waals surface area contributed by atoms with Gasteiger partial charge in [-0.2, -0.15) is 0 Å². The van der Waals surface area contributed by atoms with Gasteiger partial charge in [-0.05, 0) is 29.7 Å². The van der Waals surface area contributed by atoms with Crippen LogP contribution in [0.15, 0.2) is 59.1 Å². The van der Waals surface area contributed by atoms with Gasteiger partial charge in [-0.15, -0.1) is 0 Å². The first kappa shape index (κ1) is 15.3. The Balaban J connectivity index is 2.37. The summed E-state index contributed by atoms with van der Waals surface area (Å²) in [6, 6.07) is 19.2. The average Bonchev–Trinajstić information content (AvgIpc) is 2.46. The molecule has 0 bridgehead atoms. The summed E-state index contributed by atoms with van der Waals surface area (Å²) in [5, 5.41) is 1.85. The molecule has 19 heavy (non-hydrogen) atoms. The van der Waals surface area contributed by atoms with Gasteiger partial charge in [-0.3, -0.25) is 0 Å². The highest BCUT2D eigenvalue weighted by Gasteiger charge is 2.30. The third-order valence-corrected chi connectivity index (χ3v) is 5.97. The molecular weight excluding hydrogens is 432 g/mol. The first-order chi connectivity index (χ1) is 9.20. The lowest BCUT2D eigenvalue weighted by Crippen LogP contribution is -2.33. The van der Waals surface area contributed by atoms with Crippen molar-refractivity contribution in [1.82, 2.24) is 0 Å². The molecule has 3 heteroatoms. The largest absolute Gasteiger partial charge is 0.0918 e. The summed E-state index contributed by atoms with van der Waals surface area (Å²) in [5.41, 5.74) is 2.78. The predicted octanol–water partition coefficient (Wildman–Crippen LogP) is 5.72. The van der Waals surface area contributed by atoms with E-state index in [4.69, 9.17) is 0 Å². The molecule has 0 aliphatic heterocycles. The minimum absolute atomic E-state index is 0.0745. The highest BCUT2D eigenvalue weighted by molar-refractivity contribution is 9.10. The lowest BCUT2D eigenvalue weighted by molar-refractivity contribution is 0.551. The van der Waals surface area contributed by atoms with E-state index >= 15 is 0 Å². The second-order valence-electron chi connectivity index (χ2n) is 4.72. The SMILES string of the molecule is BrCC(CBr)(Cc1ccccc1)c1cccc(Br)c1. The third kappa shape index (κ3) is 3.71. The van der Waals surface area contributed by atoms with Gasteiger partial charge in [0.2, 0.25) is 0 Å². The zero-order valence-corrected chi connectivity index (χ0v) is 15.2. The van der Waals surface area contributed by atoms with E-state index in [0.29, 0.717) is 0 Å². The molecule has 0 nitrogen and oxygen atoms in total. The molecule has 0 aliphatic rings. The second kappa shape index (κ2) is 7.05. The maximum absolute atomic E-state index is 3.71. The number of hydrogen-bond donors (Lipinski definition) is 0. The predicted molar refractivity (Wildman–Crippen MR) is 93.6 cm³/mol. The number of benzene rings is 2. The second-order valence-corrected chi connectivity index (χ2v) is 6.76. The molecule has 0 heterocycles. The Kier molecular flexibility index (Phi) is 5.67. The number of rotatable bonds is 5. The molecule has 0 saturated heterocycles. The Morgan fingerprint density at radius 3 is 2.11 bits per heavy atom. The van der Waals surface area contributed by atoms with E-state index in [1.165, 1.54) is 11.1 Å². The molecule has 2 aromatic carbocycles. The van der Waals surface area contributed by atoms with Crippen LogP contribution in [0.5, 0.6) is 0 Å². The van der Waals surface area contributed by atoms with Gasteiger partial charge in [0.15, 0.2) is 0 Å². The fraction of sp³-hybridized carbons (Fsp3) is 0.250. The maximum Gasteiger partial charge on any atom is 0.0187 e. The van der Waals surface area contributed by atoms with Crippen molar-refractivity contribution in [1.29, 1.82) is 0 Å². The Hall–Kier alpha value is -0.120. The van der Waals surface area contributed by atoms with E-state index in [9.17, 15) is 0 Å². The molecule has 0 atom stereocenters. The molecule has 2 rings (SSSR count). The first-order valence-corrected chi connectivity index (χ1v) is 9.16. The maximum atomic E-state index is 3.71. The lowest BCUT2D eigenvalue weighted by atomic mass is 9.79. The fourth-order valence-electron chi connectivity index (χ4n) is 2.19. The van der Waals surface area contributed by atoms with E-state index in [1.807, 2.05) is 0 Å². The smallest absolute Gasteiger partial charge is 0.0187 e. The van der Waals surface area contributed by atoms with Gasteiger partial charge in [0.1, 0.15) is 0 Å². The topological polar surface area (TPSA) is 0 Å². The van der Waals surface area contributed by atoms with Gasteiger partial charge in [0.25, 0.3) is 0 Å². The Bertz CT molecular complexity index is 519. The van der Waals surface area contributed by atoms with Gasteiger partial charge in [-0.25, -0.2) is 0 Å². The summed E-state index contributed by atoms with van der Waals surface area (Å²) >= 11 is 11.0. The summed E-state index contributed by atoms with van der Waals surface area (Å²) in [6.45, 7) is 0. The highest BCUT2D eigenvalue weighted by Crippen LogP contribution is 2.34. The van der Waals surface area contributed by atoms with Gasteiger partial charge < -0.3 is 0 Å². The van der Waals surface area contributed by atoms with Crippen LogP contribution in [-0.4, -0.2) is 10.7 Å². The molecule has 0 saturated carbocycles. The van der Waals surface area contributed by atoms with Crippen LogP contribution in [0.1, 0.15) is 11.1 Å². The van der Waals surface area contributed by atoms with Gasteiger partial charge in [0.05, 0.1) is 0 Å². The van der Waals surface area contributed by atoms with Crippen molar-refractivity contribution in [3.05, 3.63) is 70.2 Å². The molecule has 0 unspecified atom stereocenters. The van der Waals surface area contributed by atoms with E-state index in [-0.39, 0.29) is 5.41 Å². The van der Waals surface area contributed by atoms with Crippen LogP contribution in [0.3, 0.4) is 0 Å². The molecule has 0 radical (unpaired) electrons. The van der Waals surface area contributed by atoms with Crippen molar-refractivity contribution < 1.29 is 0 Å². The molecule has 0 aromatic heterocycles. The summed E-state index contributed by atoms with van der Waals surface area (Å²) < 4.78 is 1.13. The Morgan fingerprint density at radius 2 is 1.53 bits per heavy atom. The summed E-state index contributed by atoms with van der Waals surface area (Å²) in [5.74, 6) is 0. The Labute approximate surface area is 140 Å². The number of hydrogen-bond acceptors (Lipinski definition) is 0. The molecule has 0 fully saturated rings. The third-order valence-electron chi connectivity index (χ3n) is 3.33. The average molecular weight is 447 g/mol. The molecule has 2 aromatic rings. The molecule has 0 amide bonds. The molecule has 0 aliphatic carbocycles. The zero-order chi connectivity index (χ0) is 13.7. The quantitative estimate of drug-likeness (QED) is 0.515. The normalized spacial score (nSPS) is 11.5. The molecule has 100 valence electrons. The van der Waals surface area contributed by atoms with Gasteiger partial charge in [-0.1, -0.05) is 90.3 Å². The lowest BCUT2D eigenvalue weighted by Gasteiger charge is -2.31. The van der Waals surface area contributed by atoms with Crippen LogP contribution in [0.25, 0.3) is 0 Å². The van der Waals surface area contributed by atoms with Crippen LogP contribution >= 0.6 is 47.8 Å². The van der Waals surface area contributed by atoms with Crippen LogP contribution in [0.2, 0.25) is 0 Å². The van der Waals surface area contributed by atoms with Gasteiger partial charge in [0, 0.05) is 20.5 Å². The molecule has 0 spiro atoms. The van der Waals surface area contributed by atoms with E-state index in [1.54, 1.807) is 0 Å². The summed E-state index contributed by atoms with van der Waals surface area (Å²) in [6.07, 6.45) is 1.01. The standard InChI is InChI=1S/C16H15Br3/c17-11-16(12-18,10-13-5-2-1-3-6-13)14-7-4-8-15(19)9-14/h1-9H,10-12H2. The van der Waals surface area contributed by atoms with Gasteiger partial charge >= 0.3 is 0 Å².